The van der Waals surface area contributed by atoms with E-state index in [2.05, 4.69) is 25.8 Å². The number of fused-ring (bicyclic) bond motifs is 1. The van der Waals surface area contributed by atoms with Crippen molar-refractivity contribution in [3.63, 3.8) is 0 Å². The van der Waals surface area contributed by atoms with Gasteiger partial charge in [0.25, 0.3) is 0 Å². The van der Waals surface area contributed by atoms with Crippen molar-refractivity contribution in [3.05, 3.63) is 35.0 Å². The SMILES string of the molecule is O=[S@@]1CCc2nc(N3CC=C(c4ncc(Cl)cn4)CC3)nc(N3CC[C@@H](O)C34CCC4)c21. The maximum Gasteiger partial charge on any atom is 0.227 e. The Morgan fingerprint density at radius 3 is 2.66 bits per heavy atom. The Labute approximate surface area is 194 Å². The van der Waals surface area contributed by atoms with Gasteiger partial charge in [0, 0.05) is 44.2 Å². The average molecular weight is 473 g/mol. The van der Waals surface area contributed by atoms with Crippen LogP contribution in [0.15, 0.2) is 23.4 Å². The molecular formula is C22H25ClN6O2S. The van der Waals surface area contributed by atoms with E-state index in [9.17, 15) is 9.32 Å². The summed E-state index contributed by atoms with van der Waals surface area (Å²) in [4.78, 5) is 23.7. The zero-order valence-electron chi connectivity index (χ0n) is 17.7. The maximum atomic E-state index is 12.8. The lowest BCUT2D eigenvalue weighted by Crippen LogP contribution is -2.56. The second-order valence-corrected chi connectivity index (χ2v) is 10.9. The van der Waals surface area contributed by atoms with Crippen molar-refractivity contribution in [2.24, 2.45) is 0 Å². The van der Waals surface area contributed by atoms with Crippen molar-refractivity contribution in [1.29, 1.82) is 0 Å². The molecule has 8 nitrogen and oxygen atoms in total. The average Bonchev–Trinajstić information content (AvgIpc) is 3.34. The van der Waals surface area contributed by atoms with Crippen LogP contribution in [-0.4, -0.2) is 66.3 Å². The first-order valence-corrected chi connectivity index (χ1v) is 12.9. The minimum absolute atomic E-state index is 0.243. The Balaban J connectivity index is 1.33. The molecule has 1 spiro atoms. The Hall–Kier alpha value is -2.10. The summed E-state index contributed by atoms with van der Waals surface area (Å²) in [5, 5.41) is 11.2. The third kappa shape index (κ3) is 3.16. The van der Waals surface area contributed by atoms with Gasteiger partial charge in [-0.2, -0.15) is 4.98 Å². The number of aryl methyl sites for hydroxylation is 1. The second kappa shape index (κ2) is 7.74. The summed E-state index contributed by atoms with van der Waals surface area (Å²) in [7, 11) is -1.08. The van der Waals surface area contributed by atoms with Crippen LogP contribution in [0, 0.1) is 0 Å². The molecular weight excluding hydrogens is 448 g/mol. The second-order valence-electron chi connectivity index (χ2n) is 8.99. The summed E-state index contributed by atoms with van der Waals surface area (Å²) in [5.41, 5.74) is 1.75. The van der Waals surface area contributed by atoms with Crippen LogP contribution in [0.25, 0.3) is 5.57 Å². The lowest BCUT2D eigenvalue weighted by molar-refractivity contribution is 0.0579. The van der Waals surface area contributed by atoms with E-state index >= 15 is 0 Å². The fourth-order valence-electron chi connectivity index (χ4n) is 5.40. The molecule has 10 heteroatoms. The molecule has 5 heterocycles. The Morgan fingerprint density at radius 2 is 1.97 bits per heavy atom. The number of aromatic nitrogens is 4. The summed E-state index contributed by atoms with van der Waals surface area (Å²) in [6.45, 7) is 2.17. The lowest BCUT2D eigenvalue weighted by atomic mass is 9.73. The highest BCUT2D eigenvalue weighted by atomic mass is 35.5. The number of halogens is 1. The summed E-state index contributed by atoms with van der Waals surface area (Å²) < 4.78 is 12.8. The minimum atomic E-state index is -1.08. The standard InChI is InChI=1S/C22H25ClN6O2S/c23-15-12-24-19(25-13-15)14-2-8-28(9-3-14)21-26-16-5-11-32(31)18(16)20(27-21)29-10-4-17(30)22(29)6-1-7-22/h2,12-13,17,30H,1,3-11H2/t17-,32-/m1/s1. The monoisotopic (exact) mass is 472 g/mol. The van der Waals surface area contributed by atoms with Crippen LogP contribution in [0.3, 0.4) is 0 Å². The molecule has 0 aromatic carbocycles. The molecule has 168 valence electrons. The van der Waals surface area contributed by atoms with Crippen LogP contribution in [0.4, 0.5) is 11.8 Å². The fraction of sp³-hybridized carbons (Fsp3) is 0.545. The predicted octanol–water partition coefficient (Wildman–Crippen LogP) is 2.37. The van der Waals surface area contributed by atoms with E-state index in [-0.39, 0.29) is 11.6 Å². The van der Waals surface area contributed by atoms with Gasteiger partial charge in [0.15, 0.2) is 11.6 Å². The van der Waals surface area contributed by atoms with Gasteiger partial charge < -0.3 is 14.9 Å². The minimum Gasteiger partial charge on any atom is -0.391 e. The Kier molecular flexibility index (Phi) is 4.96. The molecule has 2 fully saturated rings. The van der Waals surface area contributed by atoms with Crippen LogP contribution in [0.2, 0.25) is 5.02 Å². The Bertz CT molecular complexity index is 1120. The van der Waals surface area contributed by atoms with Crippen molar-refractivity contribution in [2.45, 2.75) is 55.1 Å². The number of nitrogens with zero attached hydrogens (tertiary/aromatic N) is 6. The predicted molar refractivity (Wildman–Crippen MR) is 123 cm³/mol. The van der Waals surface area contributed by atoms with E-state index in [0.29, 0.717) is 35.5 Å². The number of hydrogen-bond acceptors (Lipinski definition) is 8. The van der Waals surface area contributed by atoms with Crippen LogP contribution in [-0.2, 0) is 17.2 Å². The highest BCUT2D eigenvalue weighted by Gasteiger charge is 2.53. The maximum absolute atomic E-state index is 12.8. The van der Waals surface area contributed by atoms with Crippen molar-refractivity contribution in [3.8, 4) is 0 Å². The van der Waals surface area contributed by atoms with E-state index < -0.39 is 10.8 Å². The van der Waals surface area contributed by atoms with Crippen LogP contribution in [0.1, 0.15) is 43.6 Å². The van der Waals surface area contributed by atoms with Gasteiger partial charge in [0.1, 0.15) is 4.90 Å². The molecule has 1 N–H and O–H groups in total. The molecule has 1 saturated carbocycles. The van der Waals surface area contributed by atoms with Gasteiger partial charge in [-0.3, -0.25) is 4.21 Å². The molecule has 6 rings (SSSR count). The van der Waals surface area contributed by atoms with Crippen LogP contribution >= 0.6 is 11.6 Å². The third-order valence-electron chi connectivity index (χ3n) is 7.32. The molecule has 1 saturated heterocycles. The van der Waals surface area contributed by atoms with Gasteiger partial charge >= 0.3 is 0 Å². The van der Waals surface area contributed by atoms with Gasteiger partial charge in [0.05, 0.1) is 33.2 Å². The van der Waals surface area contributed by atoms with E-state index in [4.69, 9.17) is 21.6 Å². The molecule has 32 heavy (non-hydrogen) atoms. The first kappa shape index (κ1) is 20.5. The molecule has 0 radical (unpaired) electrons. The summed E-state index contributed by atoms with van der Waals surface area (Å²) in [5.74, 6) is 2.77. The van der Waals surface area contributed by atoms with E-state index in [1.807, 2.05) is 0 Å². The van der Waals surface area contributed by atoms with Gasteiger partial charge in [-0.25, -0.2) is 15.0 Å². The first-order valence-electron chi connectivity index (χ1n) is 11.2. The first-order chi connectivity index (χ1) is 15.5. The summed E-state index contributed by atoms with van der Waals surface area (Å²) in [6, 6.07) is 0. The Morgan fingerprint density at radius 1 is 1.16 bits per heavy atom. The molecule has 0 bridgehead atoms. The molecule has 0 amide bonds. The van der Waals surface area contributed by atoms with Gasteiger partial charge in [-0.15, -0.1) is 0 Å². The fourth-order valence-corrected chi connectivity index (χ4v) is 6.85. The van der Waals surface area contributed by atoms with E-state index in [1.165, 1.54) is 0 Å². The summed E-state index contributed by atoms with van der Waals surface area (Å²) in [6.07, 6.45) is 10.3. The number of aliphatic hydroxyl groups excluding tert-OH is 1. The molecule has 2 atom stereocenters. The van der Waals surface area contributed by atoms with E-state index in [1.54, 1.807) is 12.4 Å². The molecule has 1 aliphatic carbocycles. The zero-order valence-corrected chi connectivity index (χ0v) is 19.3. The number of aliphatic hydroxyl groups is 1. The third-order valence-corrected chi connectivity index (χ3v) is 8.96. The molecule has 2 aromatic rings. The largest absolute Gasteiger partial charge is 0.391 e. The normalized spacial score (nSPS) is 26.2. The van der Waals surface area contributed by atoms with Gasteiger partial charge in [0.2, 0.25) is 5.95 Å². The van der Waals surface area contributed by atoms with Crippen LogP contribution in [0.5, 0.6) is 0 Å². The molecule has 0 unspecified atom stereocenters. The molecule has 2 aromatic heterocycles. The van der Waals surface area contributed by atoms with Crippen molar-refractivity contribution >= 4 is 39.7 Å². The number of rotatable bonds is 3. The quantitative estimate of drug-likeness (QED) is 0.727. The van der Waals surface area contributed by atoms with Crippen LogP contribution < -0.4 is 9.80 Å². The zero-order chi connectivity index (χ0) is 21.9. The smallest absolute Gasteiger partial charge is 0.227 e. The van der Waals surface area contributed by atoms with Crippen molar-refractivity contribution in [2.75, 3.05) is 35.2 Å². The van der Waals surface area contributed by atoms with Gasteiger partial charge in [-0.05, 0) is 37.7 Å². The van der Waals surface area contributed by atoms with Crippen molar-refractivity contribution < 1.29 is 9.32 Å². The topological polar surface area (TPSA) is 95.3 Å². The number of hydrogen-bond donors (Lipinski definition) is 1. The number of anilines is 2. The van der Waals surface area contributed by atoms with Gasteiger partial charge in [-0.1, -0.05) is 17.7 Å². The molecule has 4 aliphatic rings. The van der Waals surface area contributed by atoms with Crippen molar-refractivity contribution in [1.82, 2.24) is 19.9 Å². The molecule has 3 aliphatic heterocycles. The highest BCUT2D eigenvalue weighted by molar-refractivity contribution is 7.85. The lowest BCUT2D eigenvalue weighted by Gasteiger charge is -2.48. The summed E-state index contributed by atoms with van der Waals surface area (Å²) >= 11 is 5.91. The highest BCUT2D eigenvalue weighted by Crippen LogP contribution is 2.49. The van der Waals surface area contributed by atoms with E-state index in [0.717, 1.165) is 67.2 Å².